The average Bonchev–Trinajstić information content (AvgIpc) is 3.18. The van der Waals surface area contributed by atoms with E-state index in [-0.39, 0.29) is 5.91 Å². The van der Waals surface area contributed by atoms with Gasteiger partial charge < -0.3 is 10.3 Å². The maximum atomic E-state index is 11.8. The zero-order chi connectivity index (χ0) is 15.2. The van der Waals surface area contributed by atoms with E-state index >= 15 is 0 Å². The zero-order valence-electron chi connectivity index (χ0n) is 12.0. The van der Waals surface area contributed by atoms with Crippen LogP contribution in [0.1, 0.15) is 17.7 Å². The smallest absolute Gasteiger partial charge is 0.220 e. The highest BCUT2D eigenvalue weighted by Crippen LogP contribution is 2.20. The van der Waals surface area contributed by atoms with Gasteiger partial charge in [-0.1, -0.05) is 30.0 Å². The first kappa shape index (κ1) is 15.1. The fourth-order valence-electron chi connectivity index (χ4n) is 2.09. The van der Waals surface area contributed by atoms with Gasteiger partial charge in [-0.25, -0.2) is 4.98 Å². The Bertz CT molecular complexity index is 704. The van der Waals surface area contributed by atoms with Crippen molar-refractivity contribution < 1.29 is 4.79 Å². The van der Waals surface area contributed by atoms with Crippen molar-refractivity contribution in [2.24, 2.45) is 0 Å². The number of carbonyl (C=O) groups excluding carboxylic acids is 1. The van der Waals surface area contributed by atoms with Gasteiger partial charge in [-0.2, -0.15) is 0 Å². The van der Waals surface area contributed by atoms with Crippen molar-refractivity contribution in [3.8, 4) is 0 Å². The van der Waals surface area contributed by atoms with E-state index in [0.717, 1.165) is 28.4 Å². The van der Waals surface area contributed by atoms with Crippen molar-refractivity contribution in [1.82, 2.24) is 15.3 Å². The van der Waals surface area contributed by atoms with Crippen LogP contribution in [0.2, 0.25) is 0 Å². The standard InChI is InChI=1S/C16H17N3OS2/c20-15(17-11-12-5-3-9-21-12)8-4-10-22-16-18-13-6-1-2-7-14(13)19-16/h1-3,5-7,9H,4,8,10-11H2,(H,17,20)(H,18,19). The van der Waals surface area contributed by atoms with E-state index in [2.05, 4.69) is 15.3 Å². The number of para-hydroxylation sites is 2. The van der Waals surface area contributed by atoms with Gasteiger partial charge in [0.1, 0.15) is 0 Å². The van der Waals surface area contributed by atoms with Crippen LogP contribution in [-0.2, 0) is 11.3 Å². The van der Waals surface area contributed by atoms with Crippen LogP contribution in [0.15, 0.2) is 46.9 Å². The number of carbonyl (C=O) groups is 1. The molecule has 0 atom stereocenters. The van der Waals surface area contributed by atoms with Crippen LogP contribution in [0.25, 0.3) is 11.0 Å². The number of imidazole rings is 1. The maximum absolute atomic E-state index is 11.8. The molecule has 0 saturated carbocycles. The van der Waals surface area contributed by atoms with Gasteiger partial charge in [-0.3, -0.25) is 4.79 Å². The Balaban J connectivity index is 1.37. The minimum atomic E-state index is 0.110. The third-order valence-electron chi connectivity index (χ3n) is 3.19. The minimum Gasteiger partial charge on any atom is -0.351 e. The Morgan fingerprint density at radius 1 is 1.27 bits per heavy atom. The van der Waals surface area contributed by atoms with Gasteiger partial charge in [-0.15, -0.1) is 11.3 Å². The number of nitrogens with zero attached hydrogens (tertiary/aromatic N) is 1. The Morgan fingerprint density at radius 2 is 2.18 bits per heavy atom. The Morgan fingerprint density at radius 3 is 3.00 bits per heavy atom. The summed E-state index contributed by atoms with van der Waals surface area (Å²) >= 11 is 3.32. The highest BCUT2D eigenvalue weighted by molar-refractivity contribution is 7.99. The third kappa shape index (κ3) is 4.11. The molecule has 3 rings (SSSR count). The van der Waals surface area contributed by atoms with Crippen molar-refractivity contribution >= 4 is 40.0 Å². The van der Waals surface area contributed by atoms with Crippen LogP contribution in [0.4, 0.5) is 0 Å². The summed E-state index contributed by atoms with van der Waals surface area (Å²) in [6.07, 6.45) is 1.40. The van der Waals surface area contributed by atoms with Gasteiger partial charge in [0.05, 0.1) is 17.6 Å². The number of thiophene rings is 1. The molecule has 0 spiro atoms. The normalized spacial score (nSPS) is 10.9. The van der Waals surface area contributed by atoms with Crippen molar-refractivity contribution in [2.75, 3.05) is 5.75 Å². The molecular formula is C16H17N3OS2. The highest BCUT2D eigenvalue weighted by atomic mass is 32.2. The van der Waals surface area contributed by atoms with E-state index in [1.54, 1.807) is 23.1 Å². The van der Waals surface area contributed by atoms with Crippen LogP contribution < -0.4 is 5.32 Å². The second kappa shape index (κ2) is 7.47. The molecule has 0 aliphatic rings. The summed E-state index contributed by atoms with van der Waals surface area (Å²) in [5.41, 5.74) is 2.04. The second-order valence-corrected chi connectivity index (χ2v) is 6.98. The number of thioether (sulfide) groups is 1. The first-order valence-corrected chi connectivity index (χ1v) is 9.04. The molecule has 2 N–H and O–H groups in total. The summed E-state index contributed by atoms with van der Waals surface area (Å²) < 4.78 is 0. The van der Waals surface area contributed by atoms with Crippen LogP contribution >= 0.6 is 23.1 Å². The molecule has 0 fully saturated rings. The number of hydrogen-bond acceptors (Lipinski definition) is 4. The molecule has 2 aromatic heterocycles. The Hall–Kier alpha value is -1.79. The van der Waals surface area contributed by atoms with Crippen molar-refractivity contribution in [3.05, 3.63) is 46.7 Å². The molecule has 0 radical (unpaired) electrons. The van der Waals surface area contributed by atoms with Crippen LogP contribution in [0.5, 0.6) is 0 Å². The summed E-state index contributed by atoms with van der Waals surface area (Å²) in [4.78, 5) is 20.7. The summed E-state index contributed by atoms with van der Waals surface area (Å²) in [5, 5.41) is 5.88. The lowest BCUT2D eigenvalue weighted by molar-refractivity contribution is -0.121. The monoisotopic (exact) mass is 331 g/mol. The molecule has 2 heterocycles. The number of benzene rings is 1. The van der Waals surface area contributed by atoms with Gasteiger partial charge in [0, 0.05) is 17.1 Å². The summed E-state index contributed by atoms with van der Waals surface area (Å²) in [6.45, 7) is 0.632. The average molecular weight is 331 g/mol. The van der Waals surface area contributed by atoms with Gasteiger partial charge in [-0.05, 0) is 30.0 Å². The highest BCUT2D eigenvalue weighted by Gasteiger charge is 2.05. The second-order valence-electron chi connectivity index (χ2n) is 4.87. The van der Waals surface area contributed by atoms with Crippen LogP contribution in [0, 0.1) is 0 Å². The SMILES string of the molecule is O=C(CCCSc1nc2ccccc2[nH]1)NCc1cccs1. The van der Waals surface area contributed by atoms with Gasteiger partial charge in [0.15, 0.2) is 5.16 Å². The quantitative estimate of drug-likeness (QED) is 0.511. The summed E-state index contributed by atoms with van der Waals surface area (Å²) in [7, 11) is 0. The number of nitrogens with one attached hydrogen (secondary N) is 2. The largest absolute Gasteiger partial charge is 0.351 e. The lowest BCUT2D eigenvalue weighted by Gasteiger charge is -2.03. The first-order valence-electron chi connectivity index (χ1n) is 7.18. The van der Waals surface area contributed by atoms with E-state index in [1.165, 1.54) is 4.88 Å². The molecule has 1 amide bonds. The topological polar surface area (TPSA) is 57.8 Å². The Kier molecular flexibility index (Phi) is 5.13. The fourth-order valence-corrected chi connectivity index (χ4v) is 3.56. The van der Waals surface area contributed by atoms with Crippen LogP contribution in [0.3, 0.4) is 0 Å². The number of rotatable bonds is 7. The lowest BCUT2D eigenvalue weighted by Crippen LogP contribution is -2.21. The van der Waals surface area contributed by atoms with E-state index in [1.807, 2.05) is 41.8 Å². The predicted octanol–water partition coefficient (Wildman–Crippen LogP) is 3.81. The number of H-pyrrole nitrogens is 1. The first-order chi connectivity index (χ1) is 10.8. The lowest BCUT2D eigenvalue weighted by atomic mass is 10.3. The zero-order valence-corrected chi connectivity index (χ0v) is 13.7. The molecule has 0 aliphatic carbocycles. The predicted molar refractivity (Wildman–Crippen MR) is 92.2 cm³/mol. The summed E-state index contributed by atoms with van der Waals surface area (Å²) in [5.74, 6) is 0.991. The van der Waals surface area contributed by atoms with Crippen LogP contribution in [-0.4, -0.2) is 21.6 Å². The van der Waals surface area contributed by atoms with E-state index in [0.29, 0.717) is 13.0 Å². The minimum absolute atomic E-state index is 0.110. The number of hydrogen-bond donors (Lipinski definition) is 2. The molecule has 0 saturated heterocycles. The molecule has 0 bridgehead atoms. The van der Waals surface area contributed by atoms with Crippen molar-refractivity contribution in [2.45, 2.75) is 24.5 Å². The number of aromatic amines is 1. The van der Waals surface area contributed by atoms with Gasteiger partial charge in [0.25, 0.3) is 0 Å². The molecule has 4 nitrogen and oxygen atoms in total. The molecule has 114 valence electrons. The molecule has 22 heavy (non-hydrogen) atoms. The van der Waals surface area contributed by atoms with E-state index < -0.39 is 0 Å². The number of fused-ring (bicyclic) bond motifs is 1. The van der Waals surface area contributed by atoms with Crippen molar-refractivity contribution in [1.29, 1.82) is 0 Å². The van der Waals surface area contributed by atoms with Gasteiger partial charge >= 0.3 is 0 Å². The third-order valence-corrected chi connectivity index (χ3v) is 5.03. The maximum Gasteiger partial charge on any atom is 0.220 e. The molecule has 6 heteroatoms. The van der Waals surface area contributed by atoms with E-state index in [4.69, 9.17) is 0 Å². The summed E-state index contributed by atoms with van der Waals surface area (Å²) in [6, 6.07) is 12.0. The van der Waals surface area contributed by atoms with Gasteiger partial charge in [0.2, 0.25) is 5.91 Å². The molecule has 0 aliphatic heterocycles. The molecule has 3 aromatic rings. The van der Waals surface area contributed by atoms with Crippen molar-refractivity contribution in [3.63, 3.8) is 0 Å². The molecule has 1 aromatic carbocycles. The molecule has 0 unspecified atom stereocenters. The number of aromatic nitrogens is 2. The fraction of sp³-hybridized carbons (Fsp3) is 0.250. The molecular weight excluding hydrogens is 314 g/mol. The Labute approximate surface area is 137 Å². The van der Waals surface area contributed by atoms with E-state index in [9.17, 15) is 4.79 Å². The number of amides is 1.